The molecule has 0 saturated carbocycles. The molecule has 11 heteroatoms. The lowest BCUT2D eigenvalue weighted by atomic mass is 10.0. The molecule has 2 aromatic carbocycles. The third kappa shape index (κ3) is 7.72. The van der Waals surface area contributed by atoms with Crippen molar-refractivity contribution in [1.82, 2.24) is 15.0 Å². The van der Waals surface area contributed by atoms with Gasteiger partial charge in [-0.25, -0.2) is 4.79 Å². The zero-order valence-corrected chi connectivity index (χ0v) is 18.0. The number of carbonyl (C=O) groups excluding carboxylic acids is 1. The van der Waals surface area contributed by atoms with Gasteiger partial charge in [-0.1, -0.05) is 42.5 Å². The maximum Gasteiger partial charge on any atom is 0.490 e. The summed E-state index contributed by atoms with van der Waals surface area (Å²) < 4.78 is 33.5. The minimum Gasteiger partial charge on any atom is -0.475 e. The highest BCUT2D eigenvalue weighted by atomic mass is 19.4. The van der Waals surface area contributed by atoms with Crippen LogP contribution >= 0.6 is 0 Å². The van der Waals surface area contributed by atoms with Crippen LogP contribution in [-0.2, 0) is 11.3 Å². The number of carbonyl (C=O) groups is 2. The Hall–Kier alpha value is -3.73. The minimum absolute atomic E-state index is 0.0507. The summed E-state index contributed by atoms with van der Waals surface area (Å²) in [4.78, 5) is 21.5. The van der Waals surface area contributed by atoms with Gasteiger partial charge in [-0.05, 0) is 37.1 Å². The summed E-state index contributed by atoms with van der Waals surface area (Å²) in [5, 5.41) is 18.4. The predicted octanol–water partition coefficient (Wildman–Crippen LogP) is 3.88. The van der Waals surface area contributed by atoms with E-state index in [0.29, 0.717) is 12.1 Å². The predicted molar refractivity (Wildman–Crippen MR) is 117 cm³/mol. The molecule has 0 fully saturated rings. The van der Waals surface area contributed by atoms with Crippen molar-refractivity contribution in [2.24, 2.45) is 5.73 Å². The number of hydrogen-bond donors (Lipinski definition) is 3. The van der Waals surface area contributed by atoms with E-state index in [1.54, 1.807) is 4.68 Å². The number of aromatic nitrogens is 3. The summed E-state index contributed by atoms with van der Waals surface area (Å²) >= 11 is 0. The van der Waals surface area contributed by atoms with Crippen molar-refractivity contribution in [2.45, 2.75) is 39.0 Å². The Kier molecular flexibility index (Phi) is 8.69. The number of rotatable bonds is 6. The average Bonchev–Trinajstić information content (AvgIpc) is 3.22. The molecule has 0 saturated heterocycles. The lowest BCUT2D eigenvalue weighted by Gasteiger charge is -2.09. The SMILES string of the molecule is CCC(N)Cn1cc(-c2ccc(C)c(C(=O)Nc3ccccc3)c2)nn1.O=C(O)C(F)(F)F. The van der Waals surface area contributed by atoms with E-state index in [4.69, 9.17) is 15.6 Å². The number of carboxylic acids is 1. The number of carboxylic acid groups (broad SMARTS) is 1. The van der Waals surface area contributed by atoms with E-state index in [-0.39, 0.29) is 11.9 Å². The molecule has 3 aromatic rings. The highest BCUT2D eigenvalue weighted by Gasteiger charge is 2.38. The molecule has 0 spiro atoms. The van der Waals surface area contributed by atoms with Gasteiger partial charge in [0.15, 0.2) is 0 Å². The van der Waals surface area contributed by atoms with Gasteiger partial charge in [0.2, 0.25) is 0 Å². The van der Waals surface area contributed by atoms with Crippen molar-refractivity contribution in [3.8, 4) is 11.3 Å². The third-order valence-electron chi connectivity index (χ3n) is 4.54. The Morgan fingerprint density at radius 2 is 1.82 bits per heavy atom. The maximum atomic E-state index is 12.6. The van der Waals surface area contributed by atoms with Gasteiger partial charge in [-0.2, -0.15) is 13.2 Å². The zero-order valence-electron chi connectivity index (χ0n) is 18.0. The van der Waals surface area contributed by atoms with E-state index in [1.807, 2.05) is 68.6 Å². The van der Waals surface area contributed by atoms with Crippen molar-refractivity contribution in [1.29, 1.82) is 0 Å². The standard InChI is InChI=1S/C20H23N5O.C2HF3O2/c1-3-16(21)12-25-13-19(23-24-25)15-10-9-14(2)18(11-15)20(26)22-17-7-5-4-6-8-17;3-2(4,5)1(6)7/h4-11,13,16H,3,12,21H2,1-2H3,(H,22,26);(H,6,7). The summed E-state index contributed by atoms with van der Waals surface area (Å²) in [6.07, 6.45) is -2.34. The third-order valence-corrected chi connectivity index (χ3v) is 4.54. The van der Waals surface area contributed by atoms with Gasteiger partial charge in [-0.3, -0.25) is 9.48 Å². The monoisotopic (exact) mass is 463 g/mol. The number of hydrogen-bond acceptors (Lipinski definition) is 5. The molecule has 33 heavy (non-hydrogen) atoms. The van der Waals surface area contributed by atoms with Crippen LogP contribution in [0.25, 0.3) is 11.3 Å². The second kappa shape index (κ2) is 11.2. The van der Waals surface area contributed by atoms with Crippen LogP contribution in [-0.4, -0.2) is 44.2 Å². The molecular weight excluding hydrogens is 439 g/mol. The lowest BCUT2D eigenvalue weighted by molar-refractivity contribution is -0.192. The van der Waals surface area contributed by atoms with Crippen molar-refractivity contribution >= 4 is 17.6 Å². The van der Waals surface area contributed by atoms with Crippen LogP contribution in [0.4, 0.5) is 18.9 Å². The smallest absolute Gasteiger partial charge is 0.475 e. The molecule has 1 amide bonds. The summed E-state index contributed by atoms with van der Waals surface area (Å²) in [5.74, 6) is -2.90. The van der Waals surface area contributed by atoms with E-state index < -0.39 is 12.1 Å². The molecule has 1 atom stereocenters. The molecule has 0 aliphatic carbocycles. The van der Waals surface area contributed by atoms with Crippen LogP contribution < -0.4 is 11.1 Å². The molecule has 4 N–H and O–H groups in total. The highest BCUT2D eigenvalue weighted by molar-refractivity contribution is 6.05. The van der Waals surface area contributed by atoms with Crippen LogP contribution in [0.15, 0.2) is 54.7 Å². The number of alkyl halides is 3. The normalized spacial score (nSPS) is 11.8. The van der Waals surface area contributed by atoms with Gasteiger partial charge >= 0.3 is 12.1 Å². The summed E-state index contributed by atoms with van der Waals surface area (Å²) in [7, 11) is 0. The van der Waals surface area contributed by atoms with E-state index in [2.05, 4.69) is 15.6 Å². The van der Waals surface area contributed by atoms with Crippen molar-refractivity contribution in [2.75, 3.05) is 5.32 Å². The number of nitrogens with zero attached hydrogens (tertiary/aromatic N) is 3. The number of amides is 1. The number of nitrogens with two attached hydrogens (primary N) is 1. The highest BCUT2D eigenvalue weighted by Crippen LogP contribution is 2.21. The van der Waals surface area contributed by atoms with Gasteiger partial charge < -0.3 is 16.2 Å². The van der Waals surface area contributed by atoms with Crippen LogP contribution in [0.5, 0.6) is 0 Å². The molecule has 3 rings (SSSR count). The first-order valence-corrected chi connectivity index (χ1v) is 9.94. The number of aryl methyl sites for hydroxylation is 1. The van der Waals surface area contributed by atoms with Crippen molar-refractivity contribution in [3.63, 3.8) is 0 Å². The Morgan fingerprint density at radius 3 is 2.39 bits per heavy atom. The quantitative estimate of drug-likeness (QED) is 0.510. The van der Waals surface area contributed by atoms with Gasteiger partial charge in [0.05, 0.1) is 12.7 Å². The van der Waals surface area contributed by atoms with E-state index in [1.165, 1.54) is 0 Å². The van der Waals surface area contributed by atoms with E-state index in [0.717, 1.165) is 28.9 Å². The largest absolute Gasteiger partial charge is 0.490 e. The van der Waals surface area contributed by atoms with Crippen LogP contribution in [0, 0.1) is 6.92 Å². The summed E-state index contributed by atoms with van der Waals surface area (Å²) in [5.41, 5.74) is 9.83. The average molecular weight is 463 g/mol. The van der Waals surface area contributed by atoms with Gasteiger partial charge in [-0.15, -0.1) is 5.10 Å². The number of nitrogens with one attached hydrogen (secondary N) is 1. The number of para-hydroxylation sites is 1. The van der Waals surface area contributed by atoms with Crippen LogP contribution in [0.2, 0.25) is 0 Å². The van der Waals surface area contributed by atoms with Crippen LogP contribution in [0.1, 0.15) is 29.3 Å². The fourth-order valence-electron chi connectivity index (χ4n) is 2.64. The Labute approximate surface area is 188 Å². The first-order valence-electron chi connectivity index (χ1n) is 9.94. The number of aliphatic carboxylic acids is 1. The molecule has 0 radical (unpaired) electrons. The molecule has 1 unspecified atom stereocenters. The summed E-state index contributed by atoms with van der Waals surface area (Å²) in [6, 6.07) is 15.2. The molecular formula is C22H24F3N5O3. The molecule has 176 valence electrons. The molecule has 0 aliphatic heterocycles. The number of anilines is 1. The van der Waals surface area contributed by atoms with Gasteiger partial charge in [0.1, 0.15) is 5.69 Å². The molecule has 8 nitrogen and oxygen atoms in total. The Balaban J connectivity index is 0.000000479. The van der Waals surface area contributed by atoms with Gasteiger partial charge in [0.25, 0.3) is 5.91 Å². The van der Waals surface area contributed by atoms with E-state index in [9.17, 15) is 18.0 Å². The first kappa shape index (κ1) is 25.5. The van der Waals surface area contributed by atoms with Crippen LogP contribution in [0.3, 0.4) is 0 Å². The molecule has 1 heterocycles. The fraction of sp³-hybridized carbons (Fsp3) is 0.273. The lowest BCUT2D eigenvalue weighted by Crippen LogP contribution is -2.25. The second-order valence-electron chi connectivity index (χ2n) is 7.15. The fourth-order valence-corrected chi connectivity index (χ4v) is 2.64. The van der Waals surface area contributed by atoms with Gasteiger partial charge in [0, 0.05) is 22.9 Å². The molecule has 1 aromatic heterocycles. The van der Waals surface area contributed by atoms with Crippen molar-refractivity contribution < 1.29 is 27.9 Å². The maximum absolute atomic E-state index is 12.6. The Morgan fingerprint density at radius 1 is 1.18 bits per heavy atom. The number of halogens is 3. The summed E-state index contributed by atoms with van der Waals surface area (Å²) in [6.45, 7) is 4.58. The minimum atomic E-state index is -5.08. The topological polar surface area (TPSA) is 123 Å². The van der Waals surface area contributed by atoms with E-state index >= 15 is 0 Å². The second-order valence-corrected chi connectivity index (χ2v) is 7.15. The zero-order chi connectivity index (χ0) is 24.6. The van der Waals surface area contributed by atoms with Crippen molar-refractivity contribution in [3.05, 3.63) is 65.9 Å². The Bertz CT molecular complexity index is 1080. The molecule has 0 aliphatic rings. The molecule has 0 bridgehead atoms. The first-order chi connectivity index (χ1) is 15.5. The number of benzene rings is 2.